The van der Waals surface area contributed by atoms with Crippen molar-refractivity contribution < 1.29 is 0 Å². The molecule has 2 fully saturated rings. The summed E-state index contributed by atoms with van der Waals surface area (Å²) in [4.78, 5) is 5.29. The second-order valence-electron chi connectivity index (χ2n) is 6.26. The van der Waals surface area contributed by atoms with Crippen molar-refractivity contribution in [3.05, 3.63) is 66.2 Å². The molecule has 2 heterocycles. The normalized spacial score (nSPS) is 24.7. The Morgan fingerprint density at radius 1 is 0.810 bits per heavy atom. The van der Waals surface area contributed by atoms with E-state index < -0.39 is 0 Å². The lowest BCUT2D eigenvalue weighted by atomic mass is 10.1. The van der Waals surface area contributed by atoms with Crippen LogP contribution in [-0.2, 0) is 6.42 Å². The monoisotopic (exact) mass is 278 g/mol. The molecule has 2 nitrogen and oxygen atoms in total. The molecule has 2 aromatic carbocycles. The molecule has 4 rings (SSSR count). The molecule has 2 atom stereocenters. The average molecular weight is 278 g/mol. The number of hydrogen-bond donors (Lipinski definition) is 0. The minimum absolute atomic E-state index is 0.716. The Hall–Kier alpha value is -1.80. The second kappa shape index (κ2) is 5.53. The summed E-state index contributed by atoms with van der Waals surface area (Å²) in [6, 6.07) is 23.2. The first-order chi connectivity index (χ1) is 10.4. The molecule has 2 aliphatic heterocycles. The molecule has 0 amide bonds. The lowest BCUT2D eigenvalue weighted by Gasteiger charge is -2.35. The number of anilines is 1. The maximum atomic E-state index is 2.69. The third-order valence-corrected chi connectivity index (χ3v) is 4.97. The number of hydrogen-bond acceptors (Lipinski definition) is 2. The van der Waals surface area contributed by atoms with Gasteiger partial charge in [0.1, 0.15) is 0 Å². The summed E-state index contributed by atoms with van der Waals surface area (Å²) < 4.78 is 0. The van der Waals surface area contributed by atoms with Crippen LogP contribution in [0.1, 0.15) is 12.0 Å². The number of fused-ring (bicyclic) bond motifs is 2. The van der Waals surface area contributed by atoms with Crippen LogP contribution in [0.3, 0.4) is 0 Å². The van der Waals surface area contributed by atoms with Gasteiger partial charge in [0.25, 0.3) is 0 Å². The number of para-hydroxylation sites is 1. The lowest BCUT2D eigenvalue weighted by Crippen LogP contribution is -2.47. The van der Waals surface area contributed by atoms with Gasteiger partial charge in [-0.3, -0.25) is 4.90 Å². The zero-order valence-electron chi connectivity index (χ0n) is 12.4. The van der Waals surface area contributed by atoms with Crippen molar-refractivity contribution >= 4 is 5.69 Å². The maximum absolute atomic E-state index is 2.69. The number of benzene rings is 2. The van der Waals surface area contributed by atoms with Crippen molar-refractivity contribution in [2.75, 3.05) is 24.5 Å². The van der Waals surface area contributed by atoms with E-state index in [1.165, 1.54) is 43.7 Å². The summed E-state index contributed by atoms with van der Waals surface area (Å²) in [5.74, 6) is 0. The van der Waals surface area contributed by atoms with Crippen molar-refractivity contribution in [1.29, 1.82) is 0 Å². The molecule has 0 aliphatic carbocycles. The molecular formula is C19H22N2. The molecule has 2 bridgehead atoms. The Labute approximate surface area is 127 Å². The number of likely N-dealkylation sites (tertiary alicyclic amines) is 1. The van der Waals surface area contributed by atoms with E-state index in [9.17, 15) is 0 Å². The van der Waals surface area contributed by atoms with E-state index in [0.717, 1.165) is 6.04 Å². The highest BCUT2D eigenvalue weighted by atomic mass is 15.3. The maximum Gasteiger partial charge on any atom is 0.0433 e. The summed E-state index contributed by atoms with van der Waals surface area (Å²) in [6.45, 7) is 3.63. The van der Waals surface area contributed by atoms with Crippen LogP contribution in [0.4, 0.5) is 5.69 Å². The standard InChI is InChI=1S/C19H22N2/c1-3-7-16(8-4-1)11-12-20-14-19-13-18(20)15-21(19)17-9-5-2-6-10-17/h1-10,18-19H,11-15H2. The number of piperazine rings is 1. The summed E-state index contributed by atoms with van der Waals surface area (Å²) in [5.41, 5.74) is 2.85. The Morgan fingerprint density at radius 3 is 2.19 bits per heavy atom. The minimum Gasteiger partial charge on any atom is -0.366 e. The van der Waals surface area contributed by atoms with Gasteiger partial charge < -0.3 is 4.90 Å². The summed E-state index contributed by atoms with van der Waals surface area (Å²) in [6.07, 6.45) is 2.51. The third kappa shape index (κ3) is 2.56. The highest BCUT2D eigenvalue weighted by Gasteiger charge is 2.42. The number of nitrogens with zero attached hydrogens (tertiary/aromatic N) is 2. The molecule has 2 unspecified atom stereocenters. The quantitative estimate of drug-likeness (QED) is 0.847. The molecule has 21 heavy (non-hydrogen) atoms. The topological polar surface area (TPSA) is 6.48 Å². The molecule has 0 radical (unpaired) electrons. The van der Waals surface area contributed by atoms with Gasteiger partial charge >= 0.3 is 0 Å². The van der Waals surface area contributed by atoms with Gasteiger partial charge in [-0.25, -0.2) is 0 Å². The first-order valence-corrected chi connectivity index (χ1v) is 8.00. The molecule has 2 saturated heterocycles. The van der Waals surface area contributed by atoms with Gasteiger partial charge in [-0.15, -0.1) is 0 Å². The van der Waals surface area contributed by atoms with Crippen LogP contribution in [0.15, 0.2) is 60.7 Å². The van der Waals surface area contributed by atoms with E-state index in [-0.39, 0.29) is 0 Å². The Bertz CT molecular complexity index is 581. The van der Waals surface area contributed by atoms with Crippen LogP contribution in [-0.4, -0.2) is 36.6 Å². The number of rotatable bonds is 4. The zero-order valence-corrected chi connectivity index (χ0v) is 12.4. The van der Waals surface area contributed by atoms with E-state index in [1.54, 1.807) is 0 Å². The van der Waals surface area contributed by atoms with Gasteiger partial charge in [0.15, 0.2) is 0 Å². The van der Waals surface area contributed by atoms with Gasteiger partial charge in [-0.05, 0) is 30.5 Å². The van der Waals surface area contributed by atoms with E-state index in [0.29, 0.717) is 6.04 Å². The molecule has 2 heteroatoms. The molecule has 2 aliphatic rings. The van der Waals surface area contributed by atoms with Gasteiger partial charge in [-0.1, -0.05) is 48.5 Å². The predicted octanol–water partition coefficient (Wildman–Crippen LogP) is 3.19. The van der Waals surface area contributed by atoms with Crippen LogP contribution in [0.25, 0.3) is 0 Å². The SMILES string of the molecule is c1ccc(CCN2CC3CC2CN3c2ccccc2)cc1. The fourth-order valence-electron chi connectivity index (χ4n) is 3.88. The fraction of sp³-hybridized carbons (Fsp3) is 0.368. The van der Waals surface area contributed by atoms with Crippen LogP contribution >= 0.6 is 0 Å². The van der Waals surface area contributed by atoms with Crippen molar-refractivity contribution in [2.45, 2.75) is 24.9 Å². The van der Waals surface area contributed by atoms with Crippen molar-refractivity contribution in [3.63, 3.8) is 0 Å². The van der Waals surface area contributed by atoms with E-state index in [1.807, 2.05) is 0 Å². The highest BCUT2D eigenvalue weighted by molar-refractivity contribution is 5.49. The van der Waals surface area contributed by atoms with Crippen LogP contribution in [0.5, 0.6) is 0 Å². The first-order valence-electron chi connectivity index (χ1n) is 8.00. The van der Waals surface area contributed by atoms with Crippen LogP contribution in [0.2, 0.25) is 0 Å². The Balaban J connectivity index is 1.37. The predicted molar refractivity (Wildman–Crippen MR) is 87.7 cm³/mol. The van der Waals surface area contributed by atoms with Crippen LogP contribution in [0, 0.1) is 0 Å². The summed E-state index contributed by atoms with van der Waals surface area (Å²) >= 11 is 0. The molecular weight excluding hydrogens is 256 g/mol. The zero-order chi connectivity index (χ0) is 14.1. The summed E-state index contributed by atoms with van der Waals surface area (Å²) in [5, 5.41) is 0. The molecule has 108 valence electrons. The van der Waals surface area contributed by atoms with Gasteiger partial charge in [0.05, 0.1) is 0 Å². The van der Waals surface area contributed by atoms with E-state index in [2.05, 4.69) is 70.5 Å². The van der Waals surface area contributed by atoms with E-state index >= 15 is 0 Å². The van der Waals surface area contributed by atoms with Crippen molar-refractivity contribution in [2.24, 2.45) is 0 Å². The Morgan fingerprint density at radius 2 is 1.52 bits per heavy atom. The molecule has 0 spiro atoms. The van der Waals surface area contributed by atoms with Crippen molar-refractivity contribution in [1.82, 2.24) is 4.90 Å². The second-order valence-corrected chi connectivity index (χ2v) is 6.26. The smallest absolute Gasteiger partial charge is 0.0433 e. The lowest BCUT2D eigenvalue weighted by molar-refractivity contribution is 0.242. The third-order valence-electron chi connectivity index (χ3n) is 4.97. The van der Waals surface area contributed by atoms with Gasteiger partial charge in [0.2, 0.25) is 0 Å². The average Bonchev–Trinajstić information content (AvgIpc) is 3.15. The van der Waals surface area contributed by atoms with E-state index in [4.69, 9.17) is 0 Å². The van der Waals surface area contributed by atoms with Gasteiger partial charge in [-0.2, -0.15) is 0 Å². The molecule has 0 aromatic heterocycles. The fourth-order valence-corrected chi connectivity index (χ4v) is 3.88. The van der Waals surface area contributed by atoms with Crippen LogP contribution < -0.4 is 4.90 Å². The highest BCUT2D eigenvalue weighted by Crippen LogP contribution is 2.34. The summed E-state index contributed by atoms with van der Waals surface area (Å²) in [7, 11) is 0. The van der Waals surface area contributed by atoms with Crippen molar-refractivity contribution in [3.8, 4) is 0 Å². The molecule has 0 saturated carbocycles. The molecule has 2 aromatic rings. The largest absolute Gasteiger partial charge is 0.366 e. The minimum atomic E-state index is 0.716. The first kappa shape index (κ1) is 12.9. The van der Waals surface area contributed by atoms with Gasteiger partial charge in [0, 0.05) is 37.4 Å². The molecule has 0 N–H and O–H groups in total. The Kier molecular flexibility index (Phi) is 3.40.